The van der Waals surface area contributed by atoms with Gasteiger partial charge in [0.2, 0.25) is 5.91 Å². The van der Waals surface area contributed by atoms with Gasteiger partial charge in [-0.25, -0.2) is 0 Å². The Morgan fingerprint density at radius 2 is 2.33 bits per heavy atom. The Labute approximate surface area is 91.1 Å². The molecule has 0 saturated carbocycles. The molecule has 0 aliphatic rings. The fourth-order valence-electron chi connectivity index (χ4n) is 0.820. The molecule has 0 fully saturated rings. The van der Waals surface area contributed by atoms with Crippen molar-refractivity contribution in [3.05, 3.63) is 12.2 Å². The van der Waals surface area contributed by atoms with Crippen molar-refractivity contribution in [2.45, 2.75) is 6.92 Å². The lowest BCUT2D eigenvalue weighted by atomic mass is 10.4. The van der Waals surface area contributed by atoms with Crippen LogP contribution < -0.4 is 10.6 Å². The molecule has 0 bridgehead atoms. The highest BCUT2D eigenvalue weighted by Crippen LogP contribution is 1.86. The third-order valence-electron chi connectivity index (χ3n) is 1.43. The van der Waals surface area contributed by atoms with E-state index in [1.807, 2.05) is 6.92 Å². The highest BCUT2D eigenvalue weighted by molar-refractivity contribution is 5.77. The van der Waals surface area contributed by atoms with Gasteiger partial charge < -0.3 is 10.1 Å². The van der Waals surface area contributed by atoms with E-state index in [0.717, 1.165) is 5.57 Å². The Morgan fingerprint density at radius 3 is 2.93 bits per heavy atom. The summed E-state index contributed by atoms with van der Waals surface area (Å²) in [6.07, 6.45) is 5.01. The van der Waals surface area contributed by atoms with Gasteiger partial charge in [-0.3, -0.25) is 10.1 Å². The average Bonchev–Trinajstić information content (AvgIpc) is 2.17. The summed E-state index contributed by atoms with van der Waals surface area (Å²) in [6.45, 7) is 7.76. The molecule has 2 N–H and O–H groups in total. The number of amides is 1. The number of carbonyl (C=O) groups is 1. The Morgan fingerprint density at radius 1 is 1.60 bits per heavy atom. The van der Waals surface area contributed by atoms with E-state index in [2.05, 4.69) is 23.1 Å². The molecule has 84 valence electrons. The van der Waals surface area contributed by atoms with Gasteiger partial charge in [0.05, 0.1) is 26.3 Å². The van der Waals surface area contributed by atoms with E-state index in [0.29, 0.717) is 26.3 Å². The van der Waals surface area contributed by atoms with Crippen LogP contribution in [0.2, 0.25) is 0 Å². The van der Waals surface area contributed by atoms with Crippen LogP contribution in [0.25, 0.3) is 0 Å². The highest BCUT2D eigenvalue weighted by atomic mass is 16.5. The van der Waals surface area contributed by atoms with Crippen molar-refractivity contribution < 1.29 is 9.53 Å². The Hall–Kier alpha value is -1.31. The molecule has 15 heavy (non-hydrogen) atoms. The molecule has 0 atom stereocenters. The molecule has 0 aromatic carbocycles. The van der Waals surface area contributed by atoms with Crippen LogP contribution in [0, 0.1) is 12.3 Å². The number of hydrogen-bond acceptors (Lipinski definition) is 3. The van der Waals surface area contributed by atoms with Gasteiger partial charge in [-0.2, -0.15) is 0 Å². The minimum atomic E-state index is -0.0795. The maximum absolute atomic E-state index is 11.1. The predicted molar refractivity (Wildman–Crippen MR) is 60.3 cm³/mol. The van der Waals surface area contributed by atoms with Gasteiger partial charge >= 0.3 is 0 Å². The minimum absolute atomic E-state index is 0.0795. The number of carbonyl (C=O) groups excluding carboxylic acids is 1. The fraction of sp³-hybridized carbons (Fsp3) is 0.545. The Kier molecular flexibility index (Phi) is 8.44. The third-order valence-corrected chi connectivity index (χ3v) is 1.43. The zero-order valence-corrected chi connectivity index (χ0v) is 9.14. The van der Waals surface area contributed by atoms with Crippen LogP contribution in [0.4, 0.5) is 0 Å². The van der Waals surface area contributed by atoms with Crippen LogP contribution in [0.1, 0.15) is 6.92 Å². The Bertz CT molecular complexity index is 243. The number of terminal acetylenes is 1. The van der Waals surface area contributed by atoms with Gasteiger partial charge in [0.25, 0.3) is 0 Å². The van der Waals surface area contributed by atoms with E-state index in [1.54, 1.807) is 0 Å². The molecule has 0 saturated heterocycles. The van der Waals surface area contributed by atoms with Crippen molar-refractivity contribution in [3.63, 3.8) is 0 Å². The summed E-state index contributed by atoms with van der Waals surface area (Å²) in [6, 6.07) is 0. The summed E-state index contributed by atoms with van der Waals surface area (Å²) in [5.74, 6) is 2.31. The molecule has 0 rings (SSSR count). The first kappa shape index (κ1) is 13.7. The van der Waals surface area contributed by atoms with Crippen molar-refractivity contribution in [2.24, 2.45) is 0 Å². The Balaban J connectivity index is 3.24. The lowest BCUT2D eigenvalue weighted by Crippen LogP contribution is -2.35. The first-order chi connectivity index (χ1) is 7.16. The molecule has 0 aromatic heterocycles. The fourth-order valence-corrected chi connectivity index (χ4v) is 0.820. The smallest absolute Gasteiger partial charge is 0.234 e. The van der Waals surface area contributed by atoms with E-state index in [4.69, 9.17) is 11.2 Å². The molecule has 0 unspecified atom stereocenters. The van der Waals surface area contributed by atoms with Crippen molar-refractivity contribution in [1.29, 1.82) is 0 Å². The topological polar surface area (TPSA) is 50.4 Å². The van der Waals surface area contributed by atoms with Gasteiger partial charge in [-0.1, -0.05) is 18.1 Å². The van der Waals surface area contributed by atoms with E-state index in [9.17, 15) is 4.79 Å². The van der Waals surface area contributed by atoms with E-state index < -0.39 is 0 Å². The van der Waals surface area contributed by atoms with E-state index in [-0.39, 0.29) is 12.5 Å². The standard InChI is InChI=1S/C11H18N2O2/c1-4-5-12-8-11(14)13-6-7-15-9-10(2)3/h1,12H,2,5-9H2,3H3,(H,13,14). The summed E-state index contributed by atoms with van der Waals surface area (Å²) in [7, 11) is 0. The molecule has 0 spiro atoms. The summed E-state index contributed by atoms with van der Waals surface area (Å²) in [4.78, 5) is 11.1. The molecule has 4 heteroatoms. The van der Waals surface area contributed by atoms with Gasteiger partial charge in [-0.15, -0.1) is 6.42 Å². The molecule has 0 aliphatic carbocycles. The van der Waals surface area contributed by atoms with Crippen LogP contribution in [0.5, 0.6) is 0 Å². The second kappa shape index (κ2) is 9.25. The van der Waals surface area contributed by atoms with Gasteiger partial charge in [0, 0.05) is 6.54 Å². The molecular formula is C11H18N2O2. The molecule has 0 aliphatic heterocycles. The SMILES string of the molecule is C#CCNCC(=O)NCCOCC(=C)C. The summed E-state index contributed by atoms with van der Waals surface area (Å²) in [5.41, 5.74) is 0.969. The number of nitrogens with one attached hydrogen (secondary N) is 2. The molecule has 0 aromatic rings. The highest BCUT2D eigenvalue weighted by Gasteiger charge is 1.98. The zero-order chi connectivity index (χ0) is 11.5. The molecular weight excluding hydrogens is 192 g/mol. The molecule has 1 amide bonds. The predicted octanol–water partition coefficient (Wildman–Crippen LogP) is -0.0819. The largest absolute Gasteiger partial charge is 0.375 e. The maximum atomic E-state index is 11.1. The second-order valence-corrected chi connectivity index (χ2v) is 3.17. The molecule has 4 nitrogen and oxygen atoms in total. The number of hydrogen-bond donors (Lipinski definition) is 2. The summed E-state index contributed by atoms with van der Waals surface area (Å²) >= 11 is 0. The zero-order valence-electron chi connectivity index (χ0n) is 9.14. The lowest BCUT2D eigenvalue weighted by Gasteiger charge is -2.06. The van der Waals surface area contributed by atoms with Gasteiger partial charge in [0.1, 0.15) is 0 Å². The van der Waals surface area contributed by atoms with Crippen LogP contribution in [0.3, 0.4) is 0 Å². The number of ether oxygens (including phenoxy) is 1. The van der Waals surface area contributed by atoms with Crippen molar-refractivity contribution in [2.75, 3.05) is 32.8 Å². The van der Waals surface area contributed by atoms with Crippen molar-refractivity contribution >= 4 is 5.91 Å². The monoisotopic (exact) mass is 210 g/mol. The molecule has 0 radical (unpaired) electrons. The average molecular weight is 210 g/mol. The lowest BCUT2D eigenvalue weighted by molar-refractivity contribution is -0.120. The normalized spacial score (nSPS) is 9.33. The van der Waals surface area contributed by atoms with Crippen LogP contribution in [-0.4, -0.2) is 38.8 Å². The second-order valence-electron chi connectivity index (χ2n) is 3.17. The van der Waals surface area contributed by atoms with E-state index >= 15 is 0 Å². The van der Waals surface area contributed by atoms with Crippen molar-refractivity contribution in [1.82, 2.24) is 10.6 Å². The van der Waals surface area contributed by atoms with Gasteiger partial charge in [0.15, 0.2) is 0 Å². The molecule has 0 heterocycles. The van der Waals surface area contributed by atoms with Crippen molar-refractivity contribution in [3.8, 4) is 12.3 Å². The third kappa shape index (κ3) is 10.6. The first-order valence-electron chi connectivity index (χ1n) is 4.80. The van der Waals surface area contributed by atoms with Gasteiger partial charge in [-0.05, 0) is 6.92 Å². The van der Waals surface area contributed by atoms with Crippen LogP contribution in [0.15, 0.2) is 12.2 Å². The van der Waals surface area contributed by atoms with Crippen LogP contribution >= 0.6 is 0 Å². The number of rotatable bonds is 8. The minimum Gasteiger partial charge on any atom is -0.375 e. The quantitative estimate of drug-likeness (QED) is 0.335. The van der Waals surface area contributed by atoms with E-state index in [1.165, 1.54) is 0 Å². The summed E-state index contributed by atoms with van der Waals surface area (Å²) < 4.78 is 5.20. The maximum Gasteiger partial charge on any atom is 0.234 e. The first-order valence-corrected chi connectivity index (χ1v) is 4.80. The summed E-state index contributed by atoms with van der Waals surface area (Å²) in [5, 5.41) is 5.48. The van der Waals surface area contributed by atoms with Crippen LogP contribution in [-0.2, 0) is 9.53 Å².